The first-order chi connectivity index (χ1) is 13.1. The molecular formula is C21H21ClN4O. The molecule has 1 amide bonds. The predicted molar refractivity (Wildman–Crippen MR) is 109 cm³/mol. The van der Waals surface area contributed by atoms with E-state index < -0.39 is 0 Å². The van der Waals surface area contributed by atoms with Crippen LogP contribution in [-0.2, 0) is 13.0 Å². The van der Waals surface area contributed by atoms with Crippen molar-refractivity contribution in [3.63, 3.8) is 0 Å². The molecule has 3 rings (SSSR count). The highest BCUT2D eigenvalue weighted by molar-refractivity contribution is 6.30. The maximum Gasteiger partial charge on any atom is 0.258 e. The zero-order chi connectivity index (χ0) is 19.2. The van der Waals surface area contributed by atoms with Crippen LogP contribution in [0.5, 0.6) is 0 Å². The van der Waals surface area contributed by atoms with Crippen molar-refractivity contribution < 1.29 is 4.79 Å². The van der Waals surface area contributed by atoms with E-state index >= 15 is 0 Å². The van der Waals surface area contributed by atoms with Crippen LogP contribution in [-0.4, -0.2) is 15.9 Å². The number of nitrogens with one attached hydrogen (secondary N) is 2. The smallest absolute Gasteiger partial charge is 0.258 e. The maximum absolute atomic E-state index is 12.5. The van der Waals surface area contributed by atoms with Crippen LogP contribution in [0.4, 0.5) is 11.6 Å². The highest BCUT2D eigenvalue weighted by Crippen LogP contribution is 2.21. The second kappa shape index (κ2) is 8.64. The third-order valence-corrected chi connectivity index (χ3v) is 4.51. The Morgan fingerprint density at radius 3 is 2.44 bits per heavy atom. The fourth-order valence-corrected chi connectivity index (χ4v) is 2.83. The van der Waals surface area contributed by atoms with Gasteiger partial charge in [-0.05, 0) is 42.2 Å². The SMILES string of the molecule is CCc1cccc(C)c1NC(=O)c1cnc(NCc2ccc(Cl)cc2)nc1. The van der Waals surface area contributed by atoms with Crippen LogP contribution in [0.3, 0.4) is 0 Å². The number of carbonyl (C=O) groups is 1. The summed E-state index contributed by atoms with van der Waals surface area (Å²) in [6.07, 6.45) is 3.90. The normalized spacial score (nSPS) is 10.5. The second-order valence-electron chi connectivity index (χ2n) is 6.19. The van der Waals surface area contributed by atoms with E-state index in [0.29, 0.717) is 23.1 Å². The Hall–Kier alpha value is -2.92. The summed E-state index contributed by atoms with van der Waals surface area (Å²) in [5.74, 6) is 0.245. The van der Waals surface area contributed by atoms with Crippen LogP contribution in [0.15, 0.2) is 54.9 Å². The number of aryl methyl sites for hydroxylation is 2. The minimum absolute atomic E-state index is 0.219. The molecule has 6 heteroatoms. The van der Waals surface area contributed by atoms with E-state index in [0.717, 1.165) is 28.8 Å². The van der Waals surface area contributed by atoms with E-state index in [4.69, 9.17) is 11.6 Å². The summed E-state index contributed by atoms with van der Waals surface area (Å²) in [5, 5.41) is 6.80. The third kappa shape index (κ3) is 4.83. The van der Waals surface area contributed by atoms with Gasteiger partial charge in [0.05, 0.1) is 5.56 Å². The van der Waals surface area contributed by atoms with Crippen molar-refractivity contribution >= 4 is 29.1 Å². The highest BCUT2D eigenvalue weighted by Gasteiger charge is 2.11. The topological polar surface area (TPSA) is 66.9 Å². The standard InChI is InChI=1S/C21H21ClN4O/c1-3-16-6-4-5-14(2)19(16)26-20(27)17-12-24-21(25-13-17)23-11-15-7-9-18(22)10-8-15/h4-10,12-13H,3,11H2,1-2H3,(H,26,27)(H,23,24,25). The quantitative estimate of drug-likeness (QED) is 0.640. The summed E-state index contributed by atoms with van der Waals surface area (Å²) >= 11 is 5.88. The highest BCUT2D eigenvalue weighted by atomic mass is 35.5. The molecule has 0 saturated heterocycles. The number of benzene rings is 2. The molecule has 0 bridgehead atoms. The Morgan fingerprint density at radius 1 is 1.07 bits per heavy atom. The number of halogens is 1. The fraction of sp³-hybridized carbons (Fsp3) is 0.190. The van der Waals surface area contributed by atoms with Crippen molar-refractivity contribution in [2.24, 2.45) is 0 Å². The van der Waals surface area contributed by atoms with E-state index in [2.05, 4.69) is 27.5 Å². The second-order valence-corrected chi connectivity index (χ2v) is 6.63. The first-order valence-corrected chi connectivity index (χ1v) is 9.15. The molecule has 3 aromatic rings. The predicted octanol–water partition coefficient (Wildman–Crippen LogP) is 4.87. The van der Waals surface area contributed by atoms with Gasteiger partial charge in [-0.25, -0.2) is 9.97 Å². The molecule has 0 aliphatic rings. The van der Waals surface area contributed by atoms with Crippen molar-refractivity contribution in [2.45, 2.75) is 26.8 Å². The lowest BCUT2D eigenvalue weighted by Crippen LogP contribution is -2.15. The minimum Gasteiger partial charge on any atom is -0.350 e. The van der Waals surface area contributed by atoms with Crippen LogP contribution < -0.4 is 10.6 Å². The summed E-state index contributed by atoms with van der Waals surface area (Å²) in [5.41, 5.74) is 4.47. The molecule has 0 unspecified atom stereocenters. The Kier molecular flexibility index (Phi) is 6.04. The van der Waals surface area contributed by atoms with E-state index in [1.807, 2.05) is 49.4 Å². The van der Waals surface area contributed by atoms with Crippen LogP contribution in [0.1, 0.15) is 34.0 Å². The summed E-state index contributed by atoms with van der Waals surface area (Å²) in [4.78, 5) is 21.0. The summed E-state index contributed by atoms with van der Waals surface area (Å²) < 4.78 is 0. The largest absolute Gasteiger partial charge is 0.350 e. The zero-order valence-corrected chi connectivity index (χ0v) is 16.0. The van der Waals surface area contributed by atoms with Crippen molar-refractivity contribution in [3.8, 4) is 0 Å². The number of amides is 1. The number of aromatic nitrogens is 2. The molecule has 5 nitrogen and oxygen atoms in total. The van der Waals surface area contributed by atoms with Crippen molar-refractivity contribution in [3.05, 3.63) is 82.1 Å². The molecule has 2 aromatic carbocycles. The van der Waals surface area contributed by atoms with Gasteiger partial charge in [0, 0.05) is 29.6 Å². The molecule has 2 N–H and O–H groups in total. The fourth-order valence-electron chi connectivity index (χ4n) is 2.71. The monoisotopic (exact) mass is 380 g/mol. The number of anilines is 2. The van der Waals surface area contributed by atoms with Gasteiger partial charge in [0.1, 0.15) is 0 Å². The maximum atomic E-state index is 12.5. The van der Waals surface area contributed by atoms with Gasteiger partial charge < -0.3 is 10.6 Å². The van der Waals surface area contributed by atoms with Gasteiger partial charge in [0.2, 0.25) is 5.95 Å². The molecule has 138 valence electrons. The lowest BCUT2D eigenvalue weighted by Gasteiger charge is -2.13. The number of nitrogens with zero attached hydrogens (tertiary/aromatic N) is 2. The zero-order valence-electron chi connectivity index (χ0n) is 15.3. The lowest BCUT2D eigenvalue weighted by molar-refractivity contribution is 0.102. The third-order valence-electron chi connectivity index (χ3n) is 4.26. The van der Waals surface area contributed by atoms with E-state index in [1.54, 1.807) is 0 Å². The number of carbonyl (C=O) groups excluding carboxylic acids is 1. The van der Waals surface area contributed by atoms with Crippen molar-refractivity contribution in [2.75, 3.05) is 10.6 Å². The van der Waals surface area contributed by atoms with Gasteiger partial charge in [-0.2, -0.15) is 0 Å². The molecule has 0 saturated carbocycles. The number of hydrogen-bond acceptors (Lipinski definition) is 4. The number of hydrogen-bond donors (Lipinski definition) is 2. The Labute approximate surface area is 163 Å². The van der Waals surface area contributed by atoms with Crippen molar-refractivity contribution in [1.29, 1.82) is 0 Å². The Bertz CT molecular complexity index is 924. The van der Waals surface area contributed by atoms with Gasteiger partial charge in [0.25, 0.3) is 5.91 Å². The van der Waals surface area contributed by atoms with E-state index in [9.17, 15) is 4.79 Å². The summed E-state index contributed by atoms with van der Waals surface area (Å²) in [7, 11) is 0. The van der Waals surface area contributed by atoms with E-state index in [-0.39, 0.29) is 5.91 Å². The van der Waals surface area contributed by atoms with E-state index in [1.165, 1.54) is 12.4 Å². The molecule has 0 atom stereocenters. The first-order valence-electron chi connectivity index (χ1n) is 8.77. The summed E-state index contributed by atoms with van der Waals surface area (Å²) in [6, 6.07) is 13.5. The van der Waals surface area contributed by atoms with Gasteiger partial charge >= 0.3 is 0 Å². The van der Waals surface area contributed by atoms with Gasteiger partial charge in [-0.3, -0.25) is 4.79 Å². The molecular weight excluding hydrogens is 360 g/mol. The van der Waals surface area contributed by atoms with Gasteiger partial charge in [0.15, 0.2) is 0 Å². The molecule has 27 heavy (non-hydrogen) atoms. The molecule has 1 aromatic heterocycles. The van der Waals surface area contributed by atoms with Crippen LogP contribution in [0.25, 0.3) is 0 Å². The number of para-hydroxylation sites is 1. The summed E-state index contributed by atoms with van der Waals surface area (Å²) in [6.45, 7) is 4.62. The molecule has 0 radical (unpaired) electrons. The average molecular weight is 381 g/mol. The van der Waals surface area contributed by atoms with Gasteiger partial charge in [-0.15, -0.1) is 0 Å². The minimum atomic E-state index is -0.219. The first kappa shape index (κ1) is 18.9. The van der Waals surface area contributed by atoms with Crippen LogP contribution >= 0.6 is 11.6 Å². The molecule has 0 spiro atoms. The molecule has 0 fully saturated rings. The van der Waals surface area contributed by atoms with Crippen LogP contribution in [0.2, 0.25) is 5.02 Å². The molecule has 0 aliphatic carbocycles. The van der Waals surface area contributed by atoms with Gasteiger partial charge in [-0.1, -0.05) is 48.9 Å². The molecule has 0 aliphatic heterocycles. The van der Waals surface area contributed by atoms with Crippen molar-refractivity contribution in [1.82, 2.24) is 9.97 Å². The molecule has 1 heterocycles. The lowest BCUT2D eigenvalue weighted by atomic mass is 10.1. The average Bonchev–Trinajstić information content (AvgIpc) is 2.69. The van der Waals surface area contributed by atoms with Crippen LogP contribution in [0, 0.1) is 6.92 Å². The Balaban J connectivity index is 1.64. The number of rotatable bonds is 6. The Morgan fingerprint density at radius 2 is 1.78 bits per heavy atom.